The van der Waals surface area contributed by atoms with Crippen molar-refractivity contribution in [3.63, 3.8) is 0 Å². The van der Waals surface area contributed by atoms with E-state index in [1.165, 1.54) is 6.07 Å². The maximum Gasteiger partial charge on any atom is 0.416 e. The van der Waals surface area contributed by atoms with Gasteiger partial charge in [0.05, 0.1) is 10.5 Å². The number of likely N-dealkylation sites (tertiary alicyclic amines) is 1. The van der Waals surface area contributed by atoms with E-state index in [0.29, 0.717) is 6.07 Å². The molecular weight excluding hydrogens is 273 g/mol. The van der Waals surface area contributed by atoms with Crippen LogP contribution < -0.4 is 0 Å². The fraction of sp³-hybridized carbons (Fsp3) is 0.538. The highest BCUT2D eigenvalue weighted by Gasteiger charge is 2.35. The third kappa shape index (κ3) is 3.47. The van der Waals surface area contributed by atoms with Gasteiger partial charge in [0.15, 0.2) is 0 Å². The molecule has 1 aliphatic heterocycles. The molecule has 1 saturated heterocycles. The number of non-ortho nitro benzene ring substituents is 1. The molecule has 1 heterocycles. The minimum absolute atomic E-state index is 0.102. The Hall–Kier alpha value is -1.63. The molecule has 1 aliphatic rings. The zero-order valence-electron chi connectivity index (χ0n) is 10.8. The van der Waals surface area contributed by atoms with Crippen LogP contribution in [0.3, 0.4) is 0 Å². The lowest BCUT2D eigenvalue weighted by atomic mass is 10.0. The SMILES string of the molecule is O=[N+]([O-])c1ccc(CN2CCCCC2)c(C(F)(F)F)c1. The van der Waals surface area contributed by atoms with Crippen molar-refractivity contribution in [1.29, 1.82) is 0 Å². The van der Waals surface area contributed by atoms with Crippen LogP contribution in [0.4, 0.5) is 18.9 Å². The Morgan fingerprint density at radius 2 is 1.85 bits per heavy atom. The normalized spacial score (nSPS) is 17.1. The lowest BCUT2D eigenvalue weighted by Crippen LogP contribution is -2.30. The van der Waals surface area contributed by atoms with E-state index < -0.39 is 22.4 Å². The van der Waals surface area contributed by atoms with Gasteiger partial charge in [-0.15, -0.1) is 0 Å². The Labute approximate surface area is 114 Å². The first-order chi connectivity index (χ1) is 9.38. The summed E-state index contributed by atoms with van der Waals surface area (Å²) in [5.41, 5.74) is -1.33. The highest BCUT2D eigenvalue weighted by molar-refractivity contribution is 5.41. The van der Waals surface area contributed by atoms with Gasteiger partial charge in [-0.1, -0.05) is 12.5 Å². The molecule has 0 spiro atoms. The van der Waals surface area contributed by atoms with Crippen LogP contribution in [-0.2, 0) is 12.7 Å². The van der Waals surface area contributed by atoms with Crippen LogP contribution in [0.25, 0.3) is 0 Å². The monoisotopic (exact) mass is 288 g/mol. The van der Waals surface area contributed by atoms with Crippen molar-refractivity contribution in [1.82, 2.24) is 4.90 Å². The zero-order chi connectivity index (χ0) is 14.8. The third-order valence-electron chi connectivity index (χ3n) is 3.45. The van der Waals surface area contributed by atoms with Gasteiger partial charge in [-0.2, -0.15) is 13.2 Å². The van der Waals surface area contributed by atoms with E-state index in [9.17, 15) is 23.3 Å². The summed E-state index contributed by atoms with van der Waals surface area (Å²) in [6, 6.07) is 2.98. The van der Waals surface area contributed by atoms with Gasteiger partial charge >= 0.3 is 6.18 Å². The number of rotatable bonds is 3. The molecule has 20 heavy (non-hydrogen) atoms. The summed E-state index contributed by atoms with van der Waals surface area (Å²) >= 11 is 0. The maximum absolute atomic E-state index is 13.0. The minimum Gasteiger partial charge on any atom is -0.299 e. The molecule has 1 aromatic rings. The molecule has 0 amide bonds. The molecule has 0 atom stereocenters. The van der Waals surface area contributed by atoms with Crippen LogP contribution >= 0.6 is 0 Å². The first-order valence-electron chi connectivity index (χ1n) is 6.45. The van der Waals surface area contributed by atoms with Crippen LogP contribution in [0.15, 0.2) is 18.2 Å². The van der Waals surface area contributed by atoms with Crippen molar-refractivity contribution < 1.29 is 18.1 Å². The van der Waals surface area contributed by atoms with Crippen LogP contribution in [0, 0.1) is 10.1 Å². The van der Waals surface area contributed by atoms with Gasteiger partial charge in [-0.3, -0.25) is 15.0 Å². The second-order valence-corrected chi connectivity index (χ2v) is 4.93. The number of halogens is 3. The summed E-state index contributed by atoms with van der Waals surface area (Å²) in [5.74, 6) is 0. The van der Waals surface area contributed by atoms with Crippen LogP contribution in [0.5, 0.6) is 0 Å². The van der Waals surface area contributed by atoms with E-state index in [4.69, 9.17) is 0 Å². The van der Waals surface area contributed by atoms with Crippen molar-refractivity contribution in [3.05, 3.63) is 39.4 Å². The highest BCUT2D eigenvalue weighted by atomic mass is 19.4. The number of alkyl halides is 3. The van der Waals surface area contributed by atoms with Crippen LogP contribution in [0.2, 0.25) is 0 Å². The second-order valence-electron chi connectivity index (χ2n) is 4.93. The van der Waals surface area contributed by atoms with Crippen molar-refractivity contribution >= 4 is 5.69 Å². The average Bonchev–Trinajstić information content (AvgIpc) is 2.39. The molecule has 110 valence electrons. The topological polar surface area (TPSA) is 46.4 Å². The first-order valence-corrected chi connectivity index (χ1v) is 6.45. The number of nitro benzene ring substituents is 1. The Morgan fingerprint density at radius 1 is 1.20 bits per heavy atom. The number of nitrogens with zero attached hydrogens (tertiary/aromatic N) is 2. The molecular formula is C13H15F3N2O2. The quantitative estimate of drug-likeness (QED) is 0.630. The second kappa shape index (κ2) is 5.78. The highest BCUT2D eigenvalue weighted by Crippen LogP contribution is 2.35. The van der Waals surface area contributed by atoms with Crippen molar-refractivity contribution in [2.45, 2.75) is 32.0 Å². The standard InChI is InChI=1S/C13H15F3N2O2/c14-13(15,16)12-8-11(18(19)20)5-4-10(12)9-17-6-2-1-3-7-17/h4-5,8H,1-3,6-7,9H2. The summed E-state index contributed by atoms with van der Waals surface area (Å²) in [7, 11) is 0. The van der Waals surface area contributed by atoms with E-state index in [0.717, 1.165) is 38.4 Å². The van der Waals surface area contributed by atoms with Gasteiger partial charge in [0.2, 0.25) is 0 Å². The van der Waals surface area contributed by atoms with Gasteiger partial charge < -0.3 is 0 Å². The van der Waals surface area contributed by atoms with Crippen molar-refractivity contribution in [2.75, 3.05) is 13.1 Å². The smallest absolute Gasteiger partial charge is 0.299 e. The lowest BCUT2D eigenvalue weighted by Gasteiger charge is -2.27. The van der Waals surface area contributed by atoms with Crippen molar-refractivity contribution in [2.24, 2.45) is 0 Å². The zero-order valence-corrected chi connectivity index (χ0v) is 10.8. The first kappa shape index (κ1) is 14.8. The van der Waals surface area contributed by atoms with E-state index in [1.807, 2.05) is 4.90 Å². The fourth-order valence-corrected chi connectivity index (χ4v) is 2.44. The molecule has 0 bridgehead atoms. The molecule has 7 heteroatoms. The predicted octanol–water partition coefficient (Wildman–Crippen LogP) is 3.60. The number of benzene rings is 1. The molecule has 4 nitrogen and oxygen atoms in total. The molecule has 1 aromatic carbocycles. The molecule has 0 aromatic heterocycles. The fourth-order valence-electron chi connectivity index (χ4n) is 2.44. The van der Waals surface area contributed by atoms with Crippen LogP contribution in [0.1, 0.15) is 30.4 Å². The van der Waals surface area contributed by atoms with Gasteiger partial charge in [-0.05, 0) is 31.5 Å². The number of nitro groups is 1. The predicted molar refractivity (Wildman–Crippen MR) is 67.2 cm³/mol. The molecule has 1 fully saturated rings. The number of piperidine rings is 1. The van der Waals surface area contributed by atoms with Crippen LogP contribution in [-0.4, -0.2) is 22.9 Å². The average molecular weight is 288 g/mol. The summed E-state index contributed by atoms with van der Waals surface area (Å²) < 4.78 is 39.0. The molecule has 0 unspecified atom stereocenters. The Morgan fingerprint density at radius 3 is 2.40 bits per heavy atom. The third-order valence-corrected chi connectivity index (χ3v) is 3.45. The molecule has 0 saturated carbocycles. The van der Waals surface area contributed by atoms with E-state index in [2.05, 4.69) is 0 Å². The summed E-state index contributed by atoms with van der Waals surface area (Å²) in [6.45, 7) is 1.73. The minimum atomic E-state index is -4.57. The largest absolute Gasteiger partial charge is 0.416 e. The van der Waals surface area contributed by atoms with Gasteiger partial charge in [0, 0.05) is 18.7 Å². The van der Waals surface area contributed by atoms with E-state index in [1.54, 1.807) is 0 Å². The van der Waals surface area contributed by atoms with Gasteiger partial charge in [0.1, 0.15) is 0 Å². The van der Waals surface area contributed by atoms with Gasteiger partial charge in [0.25, 0.3) is 5.69 Å². The summed E-state index contributed by atoms with van der Waals surface area (Å²) in [4.78, 5) is 11.8. The molecule has 0 N–H and O–H groups in total. The maximum atomic E-state index is 13.0. The Bertz CT molecular complexity index is 497. The molecule has 0 radical (unpaired) electrons. The van der Waals surface area contributed by atoms with Crippen molar-refractivity contribution in [3.8, 4) is 0 Å². The summed E-state index contributed by atoms with van der Waals surface area (Å²) in [5, 5.41) is 10.6. The van der Waals surface area contributed by atoms with E-state index >= 15 is 0 Å². The summed E-state index contributed by atoms with van der Waals surface area (Å²) in [6.07, 6.45) is -1.51. The molecule has 2 rings (SSSR count). The number of hydrogen-bond donors (Lipinski definition) is 0. The lowest BCUT2D eigenvalue weighted by molar-refractivity contribution is -0.385. The molecule has 0 aliphatic carbocycles. The number of hydrogen-bond acceptors (Lipinski definition) is 3. The van der Waals surface area contributed by atoms with E-state index in [-0.39, 0.29) is 12.1 Å². The Kier molecular flexibility index (Phi) is 4.27. The van der Waals surface area contributed by atoms with Gasteiger partial charge in [-0.25, -0.2) is 0 Å². The Balaban J connectivity index is 2.28.